The van der Waals surface area contributed by atoms with Crippen LogP contribution in [-0.2, 0) is 9.53 Å². The average Bonchev–Trinajstić information content (AvgIpc) is 2.26. The predicted molar refractivity (Wildman–Crippen MR) is 74.5 cm³/mol. The van der Waals surface area contributed by atoms with E-state index in [4.69, 9.17) is 10.5 Å². The van der Waals surface area contributed by atoms with Gasteiger partial charge in [0.15, 0.2) is 0 Å². The van der Waals surface area contributed by atoms with Gasteiger partial charge in [-0.15, -0.1) is 0 Å². The fraction of sp³-hybridized carbons (Fsp3) is 0.923. The molecule has 0 fully saturated rings. The van der Waals surface area contributed by atoms with Crippen LogP contribution in [0.3, 0.4) is 0 Å². The molecule has 108 valence electrons. The number of nitrogens with two attached hydrogens (primary N) is 1. The molecule has 5 heteroatoms. The highest BCUT2D eigenvalue weighted by Crippen LogP contribution is 2.07. The van der Waals surface area contributed by atoms with Crippen LogP contribution < -0.4 is 5.73 Å². The number of hydrogen-bond donors (Lipinski definition) is 1. The monoisotopic (exact) mass is 259 g/mol. The summed E-state index contributed by atoms with van der Waals surface area (Å²) in [6, 6.07) is 0. The molecule has 0 aliphatic carbocycles. The SMILES string of the molecule is CCCN(CCN(C)C)CC(C)(N)C(=O)OCC. The molecule has 0 heterocycles. The van der Waals surface area contributed by atoms with Gasteiger partial charge in [-0.3, -0.25) is 9.69 Å². The van der Waals surface area contributed by atoms with E-state index in [0.717, 1.165) is 26.1 Å². The maximum atomic E-state index is 11.8. The molecule has 5 nitrogen and oxygen atoms in total. The van der Waals surface area contributed by atoms with Crippen LogP contribution in [0, 0.1) is 0 Å². The highest BCUT2D eigenvalue weighted by molar-refractivity contribution is 5.80. The van der Waals surface area contributed by atoms with Crippen LogP contribution in [0.4, 0.5) is 0 Å². The fourth-order valence-electron chi connectivity index (χ4n) is 1.75. The van der Waals surface area contributed by atoms with Crippen molar-refractivity contribution < 1.29 is 9.53 Å². The molecule has 0 aliphatic rings. The van der Waals surface area contributed by atoms with Crippen LogP contribution in [0.15, 0.2) is 0 Å². The number of carbonyl (C=O) groups is 1. The minimum Gasteiger partial charge on any atom is -0.465 e. The first-order chi connectivity index (χ1) is 8.33. The fourth-order valence-corrected chi connectivity index (χ4v) is 1.75. The Hall–Kier alpha value is -0.650. The van der Waals surface area contributed by atoms with Crippen molar-refractivity contribution in [1.82, 2.24) is 9.80 Å². The van der Waals surface area contributed by atoms with E-state index in [9.17, 15) is 4.79 Å². The Bertz CT molecular complexity index is 242. The van der Waals surface area contributed by atoms with E-state index in [-0.39, 0.29) is 5.97 Å². The van der Waals surface area contributed by atoms with Gasteiger partial charge in [0.05, 0.1) is 6.61 Å². The molecule has 0 saturated carbocycles. The lowest BCUT2D eigenvalue weighted by molar-refractivity contribution is -0.149. The molecule has 0 aromatic carbocycles. The normalized spacial score (nSPS) is 14.9. The minimum atomic E-state index is -0.933. The summed E-state index contributed by atoms with van der Waals surface area (Å²) in [5.74, 6) is -0.323. The Morgan fingerprint density at radius 2 is 1.83 bits per heavy atom. The molecule has 0 rings (SSSR count). The maximum absolute atomic E-state index is 11.8. The average molecular weight is 259 g/mol. The number of carbonyl (C=O) groups excluding carboxylic acids is 1. The van der Waals surface area contributed by atoms with Gasteiger partial charge in [0, 0.05) is 19.6 Å². The third kappa shape index (κ3) is 6.93. The third-order valence-corrected chi connectivity index (χ3v) is 2.70. The van der Waals surface area contributed by atoms with E-state index in [1.54, 1.807) is 13.8 Å². The predicted octanol–water partition coefficient (Wildman–Crippen LogP) is 0.541. The molecule has 0 spiro atoms. The zero-order valence-corrected chi connectivity index (χ0v) is 12.5. The molecule has 0 aromatic rings. The van der Waals surface area contributed by atoms with Gasteiger partial charge in [0.1, 0.15) is 5.54 Å². The maximum Gasteiger partial charge on any atom is 0.327 e. The zero-order valence-electron chi connectivity index (χ0n) is 12.5. The summed E-state index contributed by atoms with van der Waals surface area (Å²) in [7, 11) is 4.08. The van der Waals surface area contributed by atoms with Crippen molar-refractivity contribution in [2.45, 2.75) is 32.7 Å². The van der Waals surface area contributed by atoms with Gasteiger partial charge in [0.25, 0.3) is 0 Å². The molecule has 1 atom stereocenters. The van der Waals surface area contributed by atoms with Crippen molar-refractivity contribution in [3.8, 4) is 0 Å². The first-order valence-corrected chi connectivity index (χ1v) is 6.66. The van der Waals surface area contributed by atoms with Crippen LogP contribution in [0.5, 0.6) is 0 Å². The van der Waals surface area contributed by atoms with Crippen molar-refractivity contribution in [3.63, 3.8) is 0 Å². The lowest BCUT2D eigenvalue weighted by Gasteiger charge is -2.31. The van der Waals surface area contributed by atoms with E-state index in [0.29, 0.717) is 13.2 Å². The molecule has 18 heavy (non-hydrogen) atoms. The Morgan fingerprint density at radius 3 is 2.28 bits per heavy atom. The largest absolute Gasteiger partial charge is 0.465 e. The van der Waals surface area contributed by atoms with E-state index in [2.05, 4.69) is 16.7 Å². The molecular weight excluding hydrogens is 230 g/mol. The second-order valence-electron chi connectivity index (χ2n) is 5.22. The Balaban J connectivity index is 4.40. The Kier molecular flexibility index (Phi) is 8.15. The number of rotatable bonds is 9. The second-order valence-corrected chi connectivity index (χ2v) is 5.22. The van der Waals surface area contributed by atoms with Crippen LogP contribution in [0.25, 0.3) is 0 Å². The van der Waals surface area contributed by atoms with Crippen molar-refractivity contribution in [2.75, 3.05) is 46.9 Å². The van der Waals surface area contributed by atoms with Gasteiger partial charge >= 0.3 is 5.97 Å². The number of esters is 1. The molecule has 0 aliphatic heterocycles. The van der Waals surface area contributed by atoms with Gasteiger partial charge in [0.2, 0.25) is 0 Å². The molecule has 1 unspecified atom stereocenters. The summed E-state index contributed by atoms with van der Waals surface area (Å²) in [5, 5.41) is 0. The third-order valence-electron chi connectivity index (χ3n) is 2.70. The van der Waals surface area contributed by atoms with E-state index < -0.39 is 5.54 Å². The summed E-state index contributed by atoms with van der Waals surface area (Å²) in [4.78, 5) is 16.1. The first-order valence-electron chi connectivity index (χ1n) is 6.66. The lowest BCUT2D eigenvalue weighted by atomic mass is 10.0. The standard InChI is InChI=1S/C13H29N3O2/c1-6-8-16(10-9-15(4)5)11-13(3,14)12(17)18-7-2/h6-11,14H2,1-5H3. The second kappa shape index (κ2) is 8.45. The molecule has 0 amide bonds. The molecule has 2 N–H and O–H groups in total. The number of hydrogen-bond acceptors (Lipinski definition) is 5. The molecular formula is C13H29N3O2. The molecule has 0 radical (unpaired) electrons. The Labute approximate surface area is 111 Å². The quantitative estimate of drug-likeness (QED) is 0.613. The highest BCUT2D eigenvalue weighted by atomic mass is 16.5. The minimum absolute atomic E-state index is 0.323. The van der Waals surface area contributed by atoms with Gasteiger partial charge in [-0.25, -0.2) is 0 Å². The Morgan fingerprint density at radius 1 is 1.22 bits per heavy atom. The van der Waals surface area contributed by atoms with Gasteiger partial charge < -0.3 is 15.4 Å². The van der Waals surface area contributed by atoms with Crippen molar-refractivity contribution in [3.05, 3.63) is 0 Å². The van der Waals surface area contributed by atoms with Gasteiger partial charge in [-0.2, -0.15) is 0 Å². The van der Waals surface area contributed by atoms with Crippen LogP contribution in [-0.4, -0.2) is 68.2 Å². The zero-order chi connectivity index (χ0) is 14.2. The van der Waals surface area contributed by atoms with Crippen molar-refractivity contribution in [1.29, 1.82) is 0 Å². The lowest BCUT2D eigenvalue weighted by Crippen LogP contribution is -2.55. The first kappa shape index (κ1) is 17.4. The van der Waals surface area contributed by atoms with Crippen LogP contribution >= 0.6 is 0 Å². The summed E-state index contributed by atoms with van der Waals surface area (Å²) >= 11 is 0. The van der Waals surface area contributed by atoms with E-state index in [1.807, 2.05) is 14.1 Å². The summed E-state index contributed by atoms with van der Waals surface area (Å²) in [6.45, 7) is 9.38. The van der Waals surface area contributed by atoms with Crippen LogP contribution in [0.1, 0.15) is 27.2 Å². The number of nitrogens with zero attached hydrogens (tertiary/aromatic N) is 2. The van der Waals surface area contributed by atoms with Crippen LogP contribution in [0.2, 0.25) is 0 Å². The highest BCUT2D eigenvalue weighted by Gasteiger charge is 2.31. The van der Waals surface area contributed by atoms with Gasteiger partial charge in [-0.1, -0.05) is 6.92 Å². The summed E-state index contributed by atoms with van der Waals surface area (Å²) in [5.41, 5.74) is 5.12. The van der Waals surface area contributed by atoms with Crippen molar-refractivity contribution >= 4 is 5.97 Å². The molecule has 0 bridgehead atoms. The smallest absolute Gasteiger partial charge is 0.327 e. The van der Waals surface area contributed by atoms with Crippen molar-refractivity contribution in [2.24, 2.45) is 5.73 Å². The molecule has 0 saturated heterocycles. The number of likely N-dealkylation sites (N-methyl/N-ethyl adjacent to an activating group) is 1. The van der Waals surface area contributed by atoms with Gasteiger partial charge in [-0.05, 0) is 40.9 Å². The summed E-state index contributed by atoms with van der Waals surface area (Å²) in [6.07, 6.45) is 1.05. The van der Waals surface area contributed by atoms with E-state index >= 15 is 0 Å². The molecule has 0 aromatic heterocycles. The number of ether oxygens (including phenoxy) is 1. The topological polar surface area (TPSA) is 58.8 Å². The van der Waals surface area contributed by atoms with E-state index in [1.165, 1.54) is 0 Å². The summed E-state index contributed by atoms with van der Waals surface area (Å²) < 4.78 is 5.01.